The lowest BCUT2D eigenvalue weighted by Gasteiger charge is -2.27. The van der Waals surface area contributed by atoms with E-state index in [0.717, 1.165) is 12.7 Å². The van der Waals surface area contributed by atoms with Crippen molar-refractivity contribution < 1.29 is 14.2 Å². The topological polar surface area (TPSA) is 27.7 Å². The molecule has 3 atom stereocenters. The molecule has 1 rings (SSSR count). The van der Waals surface area contributed by atoms with Crippen LogP contribution in [0, 0.1) is 23.7 Å². The molecular weight excluding hydrogens is 340 g/mol. The summed E-state index contributed by atoms with van der Waals surface area (Å²) in [5.41, 5.74) is 1.19. The summed E-state index contributed by atoms with van der Waals surface area (Å²) in [4.78, 5) is 0. The summed E-state index contributed by atoms with van der Waals surface area (Å²) in [6, 6.07) is 11.4. The molecule has 0 aliphatic carbocycles. The molecule has 0 heterocycles. The van der Waals surface area contributed by atoms with E-state index in [4.69, 9.17) is 14.2 Å². The minimum absolute atomic E-state index is 0.00473. The molecule has 3 nitrogen and oxygen atoms in total. The fourth-order valence-electron chi connectivity index (χ4n) is 2.71. The third kappa shape index (κ3) is 10.1. The van der Waals surface area contributed by atoms with Gasteiger partial charge in [0.15, 0.2) is 0 Å². The molecule has 1 aromatic carbocycles. The monoisotopic (exact) mass is 376 g/mol. The van der Waals surface area contributed by atoms with E-state index in [1.54, 1.807) is 0 Å². The van der Waals surface area contributed by atoms with Crippen LogP contribution in [0.2, 0.25) is 25.7 Å². The van der Waals surface area contributed by atoms with Crippen LogP contribution in [-0.2, 0) is 20.8 Å². The fourth-order valence-corrected chi connectivity index (χ4v) is 3.46. The van der Waals surface area contributed by atoms with Crippen molar-refractivity contribution in [2.75, 3.05) is 20.0 Å². The van der Waals surface area contributed by atoms with Crippen LogP contribution < -0.4 is 0 Å². The molecule has 0 unspecified atom stereocenters. The second-order valence-electron chi connectivity index (χ2n) is 8.13. The Hall–Kier alpha value is -1.12. The Labute approximate surface area is 161 Å². The van der Waals surface area contributed by atoms with E-state index >= 15 is 0 Å². The maximum absolute atomic E-state index is 6.05. The van der Waals surface area contributed by atoms with Crippen LogP contribution in [0.15, 0.2) is 30.3 Å². The van der Waals surface area contributed by atoms with Crippen LogP contribution in [0.1, 0.15) is 26.3 Å². The summed E-state index contributed by atoms with van der Waals surface area (Å²) >= 11 is 0. The Morgan fingerprint density at radius 2 is 1.73 bits per heavy atom. The second kappa shape index (κ2) is 12.3. The normalized spacial score (nSPS) is 15.0. The van der Waals surface area contributed by atoms with E-state index in [2.05, 4.69) is 57.5 Å². The molecule has 0 aliphatic rings. The molecule has 0 amide bonds. The second-order valence-corrected chi connectivity index (χ2v) is 13.8. The zero-order chi connectivity index (χ0) is 19.4. The molecule has 4 heteroatoms. The molecule has 0 N–H and O–H groups in total. The van der Waals surface area contributed by atoms with Gasteiger partial charge in [-0.05, 0) is 25.5 Å². The van der Waals surface area contributed by atoms with Gasteiger partial charge in [0.25, 0.3) is 0 Å². The summed E-state index contributed by atoms with van der Waals surface area (Å²) in [7, 11) is -1.06. The first-order valence-electron chi connectivity index (χ1n) is 9.57. The molecule has 1 aromatic rings. The van der Waals surface area contributed by atoms with Crippen molar-refractivity contribution in [2.45, 2.75) is 59.2 Å². The zero-order valence-electron chi connectivity index (χ0n) is 17.4. The van der Waals surface area contributed by atoms with Crippen LogP contribution in [-0.4, -0.2) is 34.2 Å². The van der Waals surface area contributed by atoms with E-state index in [1.807, 2.05) is 25.1 Å². The third-order valence-corrected chi connectivity index (χ3v) is 5.96. The molecule has 146 valence electrons. The van der Waals surface area contributed by atoms with E-state index < -0.39 is 8.07 Å². The van der Waals surface area contributed by atoms with Gasteiger partial charge in [-0.3, -0.25) is 0 Å². The molecule has 0 fully saturated rings. The number of benzene rings is 1. The standard InChI is InChI=1S/C22H36O3Si/c1-7-11-19(2)22(25-18-23-14-15-26(4,5)6)20(3)16-24-17-21-12-9-8-10-13-21/h8-10,12-13,19-20,22H,14-18H2,1-6H3/t19-,20-,22-/m1/s1. The van der Waals surface area contributed by atoms with Crippen molar-refractivity contribution in [3.63, 3.8) is 0 Å². The Morgan fingerprint density at radius 3 is 2.35 bits per heavy atom. The first-order chi connectivity index (χ1) is 12.3. The van der Waals surface area contributed by atoms with Gasteiger partial charge in [0.05, 0.1) is 19.3 Å². The Bertz CT molecular complexity index is 542. The minimum atomic E-state index is -1.06. The predicted octanol–water partition coefficient (Wildman–Crippen LogP) is 5.20. The highest BCUT2D eigenvalue weighted by molar-refractivity contribution is 6.76. The lowest BCUT2D eigenvalue weighted by molar-refractivity contribution is -0.121. The minimum Gasteiger partial charge on any atom is -0.376 e. The summed E-state index contributed by atoms with van der Waals surface area (Å²) in [5.74, 6) is 6.62. The third-order valence-electron chi connectivity index (χ3n) is 4.26. The quantitative estimate of drug-likeness (QED) is 0.217. The molecular formula is C22H36O3Si. The molecule has 0 bridgehead atoms. The summed E-state index contributed by atoms with van der Waals surface area (Å²) in [6.45, 7) is 15.6. The van der Waals surface area contributed by atoms with Gasteiger partial charge in [-0.25, -0.2) is 0 Å². The van der Waals surface area contributed by atoms with E-state index in [0.29, 0.717) is 20.0 Å². The molecule has 0 spiro atoms. The maximum Gasteiger partial charge on any atom is 0.147 e. The molecule has 0 saturated heterocycles. The molecule has 0 radical (unpaired) electrons. The van der Waals surface area contributed by atoms with E-state index in [-0.39, 0.29) is 17.9 Å². The predicted molar refractivity (Wildman–Crippen MR) is 112 cm³/mol. The van der Waals surface area contributed by atoms with Crippen LogP contribution in [0.3, 0.4) is 0 Å². The fraction of sp³-hybridized carbons (Fsp3) is 0.636. The van der Waals surface area contributed by atoms with Gasteiger partial charge in [-0.1, -0.05) is 62.8 Å². The zero-order valence-corrected chi connectivity index (χ0v) is 18.4. The Balaban J connectivity index is 2.43. The van der Waals surface area contributed by atoms with Crippen molar-refractivity contribution >= 4 is 8.07 Å². The van der Waals surface area contributed by atoms with Crippen molar-refractivity contribution in [3.05, 3.63) is 35.9 Å². The SMILES string of the molecule is CC#C[C@@H](C)[C@@H](OCOCC[Si](C)(C)C)[C@H](C)COCc1ccccc1. The molecule has 0 aliphatic heterocycles. The summed E-state index contributed by atoms with van der Waals surface area (Å²) in [6.07, 6.45) is 0.00473. The average molecular weight is 377 g/mol. The molecule has 0 aromatic heterocycles. The first-order valence-corrected chi connectivity index (χ1v) is 13.3. The average Bonchev–Trinajstić information content (AvgIpc) is 2.58. The van der Waals surface area contributed by atoms with Gasteiger partial charge in [0.2, 0.25) is 0 Å². The smallest absolute Gasteiger partial charge is 0.147 e. The van der Waals surface area contributed by atoms with Crippen LogP contribution in [0.5, 0.6) is 0 Å². The maximum atomic E-state index is 6.05. The molecule has 0 saturated carbocycles. The number of hydrogen-bond acceptors (Lipinski definition) is 3. The lowest BCUT2D eigenvalue weighted by Crippen LogP contribution is -2.32. The first kappa shape index (κ1) is 22.9. The Morgan fingerprint density at radius 1 is 1.04 bits per heavy atom. The lowest BCUT2D eigenvalue weighted by atomic mass is 9.94. The number of rotatable bonds is 12. The van der Waals surface area contributed by atoms with Crippen molar-refractivity contribution in [1.82, 2.24) is 0 Å². The van der Waals surface area contributed by atoms with Crippen LogP contribution in [0.25, 0.3) is 0 Å². The molecule has 26 heavy (non-hydrogen) atoms. The van der Waals surface area contributed by atoms with Gasteiger partial charge in [0.1, 0.15) is 6.79 Å². The van der Waals surface area contributed by atoms with Crippen LogP contribution >= 0.6 is 0 Å². The van der Waals surface area contributed by atoms with Crippen molar-refractivity contribution in [1.29, 1.82) is 0 Å². The summed E-state index contributed by atoms with van der Waals surface area (Å²) in [5, 5.41) is 0. The van der Waals surface area contributed by atoms with Crippen molar-refractivity contribution in [3.8, 4) is 11.8 Å². The van der Waals surface area contributed by atoms with E-state index in [9.17, 15) is 0 Å². The van der Waals surface area contributed by atoms with Gasteiger partial charge in [-0.15, -0.1) is 5.92 Å². The van der Waals surface area contributed by atoms with Gasteiger partial charge in [-0.2, -0.15) is 0 Å². The highest BCUT2D eigenvalue weighted by Gasteiger charge is 2.24. The van der Waals surface area contributed by atoms with Crippen molar-refractivity contribution in [2.24, 2.45) is 11.8 Å². The van der Waals surface area contributed by atoms with Gasteiger partial charge in [0, 0.05) is 26.5 Å². The Kier molecular flexibility index (Phi) is 10.8. The number of ether oxygens (including phenoxy) is 3. The highest BCUT2D eigenvalue weighted by atomic mass is 28.3. The van der Waals surface area contributed by atoms with E-state index in [1.165, 1.54) is 5.56 Å². The number of hydrogen-bond donors (Lipinski definition) is 0. The largest absolute Gasteiger partial charge is 0.376 e. The van der Waals surface area contributed by atoms with Crippen LogP contribution in [0.4, 0.5) is 0 Å². The summed E-state index contributed by atoms with van der Waals surface area (Å²) < 4.78 is 17.7. The van der Waals surface area contributed by atoms with Gasteiger partial charge < -0.3 is 14.2 Å². The van der Waals surface area contributed by atoms with Gasteiger partial charge >= 0.3 is 0 Å². The highest BCUT2D eigenvalue weighted by Crippen LogP contribution is 2.18.